The van der Waals surface area contributed by atoms with E-state index in [0.29, 0.717) is 0 Å². The van der Waals surface area contributed by atoms with Crippen LogP contribution in [0.4, 0.5) is 0 Å². The molecule has 0 N–H and O–H groups in total. The van der Waals surface area contributed by atoms with Crippen molar-refractivity contribution in [3.63, 3.8) is 0 Å². The monoisotopic (exact) mass is 318 g/mol. The molecule has 1 aliphatic rings. The normalized spacial score (nSPS) is 20.9. The summed E-state index contributed by atoms with van der Waals surface area (Å²) in [4.78, 5) is 1.45. The van der Waals surface area contributed by atoms with Crippen molar-refractivity contribution >= 4 is 34.4 Å². The number of allylic oxidation sites excluding steroid dienone is 5. The van der Waals surface area contributed by atoms with E-state index in [1.54, 1.807) is 0 Å². The molecule has 0 aromatic carbocycles. The molecule has 0 atom stereocenters. The molecule has 1 rings (SSSR count). The fourth-order valence-electron chi connectivity index (χ4n) is 1.70. The highest BCUT2D eigenvalue weighted by Gasteiger charge is 2.14. The highest BCUT2D eigenvalue weighted by Crippen LogP contribution is 2.36. The minimum atomic E-state index is 1.20. The first-order chi connectivity index (χ1) is 6.83. The summed E-state index contributed by atoms with van der Waals surface area (Å²) in [6, 6.07) is 0. The van der Waals surface area contributed by atoms with Crippen molar-refractivity contribution in [1.29, 1.82) is 0 Å². The molecule has 0 aromatic heterocycles. The van der Waals surface area contributed by atoms with Gasteiger partial charge in [-0.1, -0.05) is 47.4 Å². The van der Waals surface area contributed by atoms with Crippen LogP contribution in [0, 0.1) is 0 Å². The molecule has 0 aromatic rings. The highest BCUT2D eigenvalue weighted by atomic mass is 127. The SMILES string of the molecule is C=CC=C1CCCC(/C=C/I)=C1SC. The quantitative estimate of drug-likeness (QED) is 0.671. The Labute approximate surface area is 104 Å². The molecule has 14 heavy (non-hydrogen) atoms. The number of thioether (sulfide) groups is 1. The van der Waals surface area contributed by atoms with Crippen LogP contribution in [0.3, 0.4) is 0 Å². The first kappa shape index (κ1) is 12.1. The van der Waals surface area contributed by atoms with Crippen molar-refractivity contribution in [3.05, 3.63) is 44.9 Å². The fourth-order valence-corrected chi connectivity index (χ4v) is 3.00. The minimum Gasteiger partial charge on any atom is -0.129 e. The molecular weight excluding hydrogens is 303 g/mol. The van der Waals surface area contributed by atoms with Crippen LogP contribution in [0.2, 0.25) is 0 Å². The highest BCUT2D eigenvalue weighted by molar-refractivity contribution is 14.1. The zero-order valence-corrected chi connectivity index (χ0v) is 11.4. The zero-order chi connectivity index (χ0) is 10.4. The van der Waals surface area contributed by atoms with Crippen LogP contribution in [0.5, 0.6) is 0 Å². The third-order valence-corrected chi connectivity index (χ3v) is 3.56. The Kier molecular flexibility index (Phi) is 5.63. The summed E-state index contributed by atoms with van der Waals surface area (Å²) in [5, 5.41) is 0. The van der Waals surface area contributed by atoms with Crippen molar-refractivity contribution in [2.24, 2.45) is 0 Å². The van der Waals surface area contributed by atoms with E-state index in [0.717, 1.165) is 0 Å². The average Bonchev–Trinajstić information content (AvgIpc) is 2.19. The summed E-state index contributed by atoms with van der Waals surface area (Å²) >= 11 is 4.13. The molecule has 0 saturated carbocycles. The van der Waals surface area contributed by atoms with Gasteiger partial charge in [0, 0.05) is 4.91 Å². The predicted octanol–water partition coefficient (Wildman–Crippen LogP) is 4.85. The molecule has 0 fully saturated rings. The summed E-state index contributed by atoms with van der Waals surface area (Å²) in [6.07, 6.45) is 12.1. The second-order valence-electron chi connectivity index (χ2n) is 3.13. The van der Waals surface area contributed by atoms with E-state index in [1.165, 1.54) is 35.3 Å². The van der Waals surface area contributed by atoms with E-state index in [2.05, 4.69) is 51.7 Å². The number of rotatable bonds is 3. The molecule has 0 unspecified atom stereocenters. The Bertz CT molecular complexity index is 297. The average molecular weight is 318 g/mol. The molecule has 0 amide bonds. The minimum absolute atomic E-state index is 1.20. The van der Waals surface area contributed by atoms with Gasteiger partial charge in [0.25, 0.3) is 0 Å². The molecule has 0 aliphatic heterocycles. The number of hydrogen-bond acceptors (Lipinski definition) is 1. The van der Waals surface area contributed by atoms with Gasteiger partial charge in [-0.05, 0) is 40.7 Å². The van der Waals surface area contributed by atoms with Gasteiger partial charge >= 0.3 is 0 Å². The smallest absolute Gasteiger partial charge is 0.0133 e. The molecule has 1 aliphatic carbocycles. The molecule has 0 heterocycles. The van der Waals surface area contributed by atoms with E-state index in [4.69, 9.17) is 0 Å². The Balaban J connectivity index is 3.06. The maximum absolute atomic E-state index is 3.77. The Morgan fingerprint density at radius 1 is 1.43 bits per heavy atom. The van der Waals surface area contributed by atoms with Crippen LogP contribution >= 0.6 is 34.4 Å². The van der Waals surface area contributed by atoms with Gasteiger partial charge in [0.05, 0.1) is 0 Å². The lowest BCUT2D eigenvalue weighted by atomic mass is 9.94. The number of halogens is 1. The van der Waals surface area contributed by atoms with E-state index in [1.807, 2.05) is 17.8 Å². The molecule has 0 radical (unpaired) electrons. The van der Waals surface area contributed by atoms with Gasteiger partial charge in [0.2, 0.25) is 0 Å². The van der Waals surface area contributed by atoms with E-state index < -0.39 is 0 Å². The Morgan fingerprint density at radius 2 is 2.21 bits per heavy atom. The van der Waals surface area contributed by atoms with Gasteiger partial charge in [-0.25, -0.2) is 0 Å². The molecule has 76 valence electrons. The third-order valence-electron chi connectivity index (χ3n) is 2.26. The van der Waals surface area contributed by atoms with Gasteiger partial charge in [0.15, 0.2) is 0 Å². The van der Waals surface area contributed by atoms with Crippen molar-refractivity contribution in [1.82, 2.24) is 0 Å². The van der Waals surface area contributed by atoms with Gasteiger partial charge in [0.1, 0.15) is 0 Å². The first-order valence-corrected chi connectivity index (χ1v) is 7.16. The van der Waals surface area contributed by atoms with Crippen LogP contribution in [-0.2, 0) is 0 Å². The van der Waals surface area contributed by atoms with Crippen LogP contribution < -0.4 is 0 Å². The lowest BCUT2D eigenvalue weighted by Crippen LogP contribution is -1.99. The van der Waals surface area contributed by atoms with E-state index >= 15 is 0 Å². The van der Waals surface area contributed by atoms with Crippen LogP contribution in [-0.4, -0.2) is 6.26 Å². The van der Waals surface area contributed by atoms with E-state index in [-0.39, 0.29) is 0 Å². The topological polar surface area (TPSA) is 0 Å². The van der Waals surface area contributed by atoms with Crippen molar-refractivity contribution in [2.75, 3.05) is 6.26 Å². The summed E-state index contributed by atoms with van der Waals surface area (Å²) < 4.78 is 2.10. The summed E-state index contributed by atoms with van der Waals surface area (Å²) in [5.74, 6) is 0. The van der Waals surface area contributed by atoms with Crippen molar-refractivity contribution in [2.45, 2.75) is 19.3 Å². The maximum Gasteiger partial charge on any atom is 0.0133 e. The first-order valence-electron chi connectivity index (χ1n) is 4.69. The molecule has 0 nitrogen and oxygen atoms in total. The molecule has 2 heteroatoms. The van der Waals surface area contributed by atoms with Gasteiger partial charge in [-0.15, -0.1) is 11.8 Å². The summed E-state index contributed by atoms with van der Waals surface area (Å²) in [5.41, 5.74) is 2.93. The molecule has 0 bridgehead atoms. The standard InChI is InChI=1S/C12H15IS/c1-3-5-10-6-4-7-11(8-9-13)12(10)14-2/h3,5,8-9H,1,4,6-7H2,2H3/b9-8+,10-5?. The number of hydrogen-bond donors (Lipinski definition) is 0. The van der Waals surface area contributed by atoms with Gasteiger partial charge in [-0.3, -0.25) is 0 Å². The summed E-state index contributed by atoms with van der Waals surface area (Å²) in [7, 11) is 0. The Morgan fingerprint density at radius 3 is 2.79 bits per heavy atom. The predicted molar refractivity (Wildman–Crippen MR) is 75.8 cm³/mol. The van der Waals surface area contributed by atoms with Crippen molar-refractivity contribution in [3.8, 4) is 0 Å². The van der Waals surface area contributed by atoms with Crippen LogP contribution in [0.25, 0.3) is 0 Å². The van der Waals surface area contributed by atoms with E-state index in [9.17, 15) is 0 Å². The second-order valence-corrected chi connectivity index (χ2v) is 4.67. The van der Waals surface area contributed by atoms with Crippen LogP contribution in [0.1, 0.15) is 19.3 Å². The van der Waals surface area contributed by atoms with Crippen molar-refractivity contribution < 1.29 is 0 Å². The lowest BCUT2D eigenvalue weighted by molar-refractivity contribution is 0.793. The molecule has 0 saturated heterocycles. The largest absolute Gasteiger partial charge is 0.129 e. The maximum atomic E-state index is 3.77. The second kappa shape index (κ2) is 6.51. The van der Waals surface area contributed by atoms with Gasteiger partial charge < -0.3 is 0 Å². The van der Waals surface area contributed by atoms with Crippen LogP contribution in [0.15, 0.2) is 44.9 Å². The van der Waals surface area contributed by atoms with Gasteiger partial charge in [-0.2, -0.15) is 0 Å². The summed E-state index contributed by atoms with van der Waals surface area (Å²) in [6.45, 7) is 3.77. The lowest BCUT2D eigenvalue weighted by Gasteiger charge is -2.19. The third kappa shape index (κ3) is 3.02. The zero-order valence-electron chi connectivity index (χ0n) is 8.42. The fraction of sp³-hybridized carbons (Fsp3) is 0.333. The molecular formula is C12H15IS. The molecule has 0 spiro atoms. The Hall–Kier alpha value is 0.0400.